The van der Waals surface area contributed by atoms with Gasteiger partial charge in [0.2, 0.25) is 5.75 Å². The highest BCUT2D eigenvalue weighted by Gasteiger charge is 2.20. The van der Waals surface area contributed by atoms with Gasteiger partial charge in [-0.05, 0) is 31.4 Å². The Morgan fingerprint density at radius 2 is 1.30 bits per heavy atom. The highest BCUT2D eigenvalue weighted by Crippen LogP contribution is 2.35. The van der Waals surface area contributed by atoms with Crippen LogP contribution in [0, 0.1) is 0 Å². The third-order valence-electron chi connectivity index (χ3n) is 6.11. The molecule has 0 atom stereocenters. The van der Waals surface area contributed by atoms with Crippen molar-refractivity contribution in [1.82, 2.24) is 4.57 Å². The molecule has 0 N–H and O–H groups in total. The average molecular weight is 460 g/mol. The van der Waals surface area contributed by atoms with Gasteiger partial charge in [-0.1, -0.05) is 78.6 Å². The third-order valence-corrected chi connectivity index (χ3v) is 6.11. The molecule has 5 heteroatoms. The van der Waals surface area contributed by atoms with Gasteiger partial charge in [-0.3, -0.25) is 4.79 Å². The van der Waals surface area contributed by atoms with Gasteiger partial charge in [0.1, 0.15) is 5.75 Å². The van der Waals surface area contributed by atoms with Crippen LogP contribution in [-0.2, 0) is 6.54 Å². The van der Waals surface area contributed by atoms with E-state index in [9.17, 15) is 4.79 Å². The maximum Gasteiger partial charge on any atom is 0.297 e. The van der Waals surface area contributed by atoms with Crippen molar-refractivity contribution in [2.75, 3.05) is 20.3 Å². The van der Waals surface area contributed by atoms with Crippen LogP contribution in [-0.4, -0.2) is 24.9 Å². The largest absolute Gasteiger partial charge is 0.497 e. The summed E-state index contributed by atoms with van der Waals surface area (Å²) in [5, 5.41) is 0.921. The molecule has 186 valence electrons. The smallest absolute Gasteiger partial charge is 0.297 e. The number of aromatic nitrogens is 1. The van der Waals surface area contributed by atoms with E-state index in [4.69, 9.17) is 14.2 Å². The van der Waals surface area contributed by atoms with Crippen molar-refractivity contribution in [3.8, 4) is 17.2 Å². The van der Waals surface area contributed by atoms with Crippen LogP contribution in [0.2, 0.25) is 0 Å². The molecule has 33 heavy (non-hydrogen) atoms. The lowest BCUT2D eigenvalue weighted by Crippen LogP contribution is -2.24. The molecule has 0 amide bonds. The summed E-state index contributed by atoms with van der Waals surface area (Å²) in [7, 11) is 1.66. The highest BCUT2D eigenvalue weighted by atomic mass is 16.5. The Bertz CT molecular complexity index is 874. The molecule has 2 rings (SSSR count). The molecule has 0 unspecified atom stereocenters. The fraction of sp³-hybridized carbons (Fsp3) is 0.679. The van der Waals surface area contributed by atoms with Crippen LogP contribution >= 0.6 is 0 Å². The number of pyridine rings is 1. The van der Waals surface area contributed by atoms with Crippen molar-refractivity contribution in [3.63, 3.8) is 0 Å². The van der Waals surface area contributed by atoms with E-state index in [-0.39, 0.29) is 5.56 Å². The van der Waals surface area contributed by atoms with E-state index in [0.717, 1.165) is 55.2 Å². The Hall–Kier alpha value is -2.17. The van der Waals surface area contributed by atoms with E-state index in [2.05, 4.69) is 20.8 Å². The first kappa shape index (κ1) is 27.1. The zero-order chi connectivity index (χ0) is 23.9. The van der Waals surface area contributed by atoms with Crippen LogP contribution in [0.3, 0.4) is 0 Å². The van der Waals surface area contributed by atoms with Gasteiger partial charge in [-0.2, -0.15) is 0 Å². The maximum atomic E-state index is 13.6. The van der Waals surface area contributed by atoms with Crippen LogP contribution in [0.4, 0.5) is 0 Å². The SMILES string of the molecule is CCCCCCOc1c(OCCCCCC)c2ccc(OC)cc2n(CCCCCC)c1=O. The fourth-order valence-electron chi connectivity index (χ4n) is 4.10. The van der Waals surface area contributed by atoms with Gasteiger partial charge >= 0.3 is 0 Å². The lowest BCUT2D eigenvalue weighted by molar-refractivity contribution is 0.256. The fourth-order valence-corrected chi connectivity index (χ4v) is 4.10. The Morgan fingerprint density at radius 1 is 0.727 bits per heavy atom. The Kier molecular flexibility index (Phi) is 12.8. The van der Waals surface area contributed by atoms with E-state index in [1.54, 1.807) is 7.11 Å². The highest BCUT2D eigenvalue weighted by molar-refractivity contribution is 5.89. The molecule has 0 bridgehead atoms. The maximum absolute atomic E-state index is 13.6. The standard InChI is InChI=1S/C28H45NO4/c1-5-8-11-14-19-29-25-22-23(31-4)17-18-24(25)26(32-20-15-12-9-6-2)27(28(29)30)33-21-16-13-10-7-3/h17-18,22H,5-16,19-21H2,1-4H3. The van der Waals surface area contributed by atoms with E-state index in [1.165, 1.54) is 38.5 Å². The quantitative estimate of drug-likeness (QED) is 0.216. The third kappa shape index (κ3) is 8.28. The minimum Gasteiger partial charge on any atom is -0.497 e. The van der Waals surface area contributed by atoms with Crippen LogP contribution < -0.4 is 19.8 Å². The predicted octanol–water partition coefficient (Wildman–Crippen LogP) is 7.51. The van der Waals surface area contributed by atoms with Crippen molar-refractivity contribution in [1.29, 1.82) is 0 Å². The predicted molar refractivity (Wildman–Crippen MR) is 138 cm³/mol. The molecule has 2 aromatic rings. The minimum absolute atomic E-state index is 0.0914. The molecule has 0 spiro atoms. The molecule has 0 saturated heterocycles. The summed E-state index contributed by atoms with van der Waals surface area (Å²) in [6.45, 7) is 8.40. The number of unbranched alkanes of at least 4 members (excludes halogenated alkanes) is 9. The first-order chi connectivity index (χ1) is 16.2. The molecule has 0 aliphatic rings. The molecule has 0 radical (unpaired) electrons. The summed E-state index contributed by atoms with van der Waals surface area (Å²) in [4.78, 5) is 13.6. The summed E-state index contributed by atoms with van der Waals surface area (Å²) >= 11 is 0. The first-order valence-corrected chi connectivity index (χ1v) is 13.2. The average Bonchev–Trinajstić information content (AvgIpc) is 2.83. The normalized spacial score (nSPS) is 11.2. The zero-order valence-corrected chi connectivity index (χ0v) is 21.4. The van der Waals surface area contributed by atoms with E-state index in [1.807, 2.05) is 22.8 Å². The molecule has 5 nitrogen and oxygen atoms in total. The molecule has 0 saturated carbocycles. The first-order valence-electron chi connectivity index (χ1n) is 13.2. The number of aryl methyl sites for hydroxylation is 1. The van der Waals surface area contributed by atoms with E-state index < -0.39 is 0 Å². The summed E-state index contributed by atoms with van der Waals surface area (Å²) in [5.41, 5.74) is 0.768. The van der Waals surface area contributed by atoms with Gasteiger partial charge in [0.25, 0.3) is 5.56 Å². The Morgan fingerprint density at radius 3 is 1.88 bits per heavy atom. The number of methoxy groups -OCH3 is 1. The van der Waals surface area contributed by atoms with Crippen molar-refractivity contribution in [3.05, 3.63) is 28.6 Å². The van der Waals surface area contributed by atoms with Crippen LogP contribution in [0.5, 0.6) is 17.2 Å². The number of hydrogen-bond acceptors (Lipinski definition) is 4. The lowest BCUT2D eigenvalue weighted by atomic mass is 10.1. The number of hydrogen-bond donors (Lipinski definition) is 0. The van der Waals surface area contributed by atoms with Crippen LogP contribution in [0.15, 0.2) is 23.0 Å². The molecule has 0 fully saturated rings. The molecular weight excluding hydrogens is 414 g/mol. The number of rotatable bonds is 18. The van der Waals surface area contributed by atoms with Gasteiger partial charge in [0.15, 0.2) is 5.75 Å². The summed E-state index contributed by atoms with van der Waals surface area (Å²) in [6, 6.07) is 5.89. The van der Waals surface area contributed by atoms with Crippen molar-refractivity contribution >= 4 is 10.9 Å². The molecule has 1 heterocycles. The summed E-state index contributed by atoms with van der Waals surface area (Å²) in [6.07, 6.45) is 13.3. The van der Waals surface area contributed by atoms with Crippen LogP contribution in [0.1, 0.15) is 97.8 Å². The molecule has 1 aromatic heterocycles. The second-order valence-electron chi connectivity index (χ2n) is 8.88. The van der Waals surface area contributed by atoms with Gasteiger partial charge in [0, 0.05) is 18.0 Å². The molecule has 1 aromatic carbocycles. The monoisotopic (exact) mass is 459 g/mol. The van der Waals surface area contributed by atoms with E-state index in [0.29, 0.717) is 31.3 Å². The second kappa shape index (κ2) is 15.6. The topological polar surface area (TPSA) is 49.7 Å². The van der Waals surface area contributed by atoms with Gasteiger partial charge < -0.3 is 18.8 Å². The molecule has 0 aliphatic heterocycles. The zero-order valence-electron chi connectivity index (χ0n) is 21.4. The number of nitrogens with zero attached hydrogens (tertiary/aromatic N) is 1. The van der Waals surface area contributed by atoms with Gasteiger partial charge in [-0.15, -0.1) is 0 Å². The van der Waals surface area contributed by atoms with E-state index >= 15 is 0 Å². The molecular formula is C28H45NO4. The van der Waals surface area contributed by atoms with Crippen molar-refractivity contribution in [2.45, 2.75) is 104 Å². The second-order valence-corrected chi connectivity index (χ2v) is 8.88. The summed E-state index contributed by atoms with van der Waals surface area (Å²) in [5.74, 6) is 1.70. The number of benzene rings is 1. The Balaban J connectivity index is 2.42. The van der Waals surface area contributed by atoms with Crippen LogP contribution in [0.25, 0.3) is 10.9 Å². The minimum atomic E-state index is -0.0914. The van der Waals surface area contributed by atoms with Crippen molar-refractivity contribution in [2.24, 2.45) is 0 Å². The lowest BCUT2D eigenvalue weighted by Gasteiger charge is -2.19. The Labute approximate surface area is 200 Å². The van der Waals surface area contributed by atoms with Gasteiger partial charge in [-0.25, -0.2) is 0 Å². The number of fused-ring (bicyclic) bond motifs is 1. The number of ether oxygens (including phenoxy) is 3. The summed E-state index contributed by atoms with van der Waals surface area (Å²) < 4.78 is 19.7. The van der Waals surface area contributed by atoms with Gasteiger partial charge in [0.05, 0.1) is 25.8 Å². The molecule has 0 aliphatic carbocycles. The van der Waals surface area contributed by atoms with Crippen molar-refractivity contribution < 1.29 is 14.2 Å².